The molecule has 2 heterocycles. The van der Waals surface area contributed by atoms with Crippen molar-refractivity contribution in [2.75, 3.05) is 6.61 Å². The summed E-state index contributed by atoms with van der Waals surface area (Å²) in [6, 6.07) is 47.2. The lowest BCUT2D eigenvalue weighted by Crippen LogP contribution is -2.44. The van der Waals surface area contributed by atoms with Gasteiger partial charge in [-0.25, -0.2) is 4.68 Å². The maximum Gasteiger partial charge on any atom is 0.251 e. The van der Waals surface area contributed by atoms with E-state index in [0.717, 1.165) is 38.9 Å². The Hall–Kier alpha value is -6.25. The highest BCUT2D eigenvalue weighted by Gasteiger charge is 2.44. The Morgan fingerprint density at radius 3 is 1.76 bits per heavy atom. The van der Waals surface area contributed by atoms with E-state index in [4.69, 9.17) is 9.95 Å². The van der Waals surface area contributed by atoms with Crippen molar-refractivity contribution in [3.63, 3.8) is 0 Å². The summed E-state index contributed by atoms with van der Waals surface area (Å²) in [5, 5.41) is 13.7. The van der Waals surface area contributed by atoms with Crippen LogP contribution in [0.1, 0.15) is 22.3 Å². The molecule has 5 aromatic carbocycles. The fourth-order valence-electron chi connectivity index (χ4n) is 6.92. The number of allylic oxidation sites excluding steroid dienone is 2. The summed E-state index contributed by atoms with van der Waals surface area (Å²) in [6.45, 7) is 0.287. The number of carbonyl (C=O) groups excluding carboxylic acids is 2. The van der Waals surface area contributed by atoms with Gasteiger partial charge in [0.25, 0.3) is 5.91 Å². The molecule has 8 rings (SSSR count). The molecule has 0 atom stereocenters. The molecule has 6 aromatic rings. The van der Waals surface area contributed by atoms with E-state index < -0.39 is 11.3 Å². The molecule has 1 amide bonds. The van der Waals surface area contributed by atoms with E-state index in [0.29, 0.717) is 12.4 Å². The number of benzene rings is 5. The first-order chi connectivity index (χ1) is 24.1. The minimum absolute atomic E-state index is 0.0422. The Bertz CT molecular complexity index is 2080. The Morgan fingerprint density at radius 2 is 1.18 bits per heavy atom. The molecular weight excluding hydrogens is 610 g/mol. The molecule has 238 valence electrons. The number of hydrogen-bond acceptors (Lipinski definition) is 6. The van der Waals surface area contributed by atoms with E-state index in [9.17, 15) is 9.59 Å². The molecule has 2 aliphatic rings. The van der Waals surface area contributed by atoms with Crippen molar-refractivity contribution in [3.8, 4) is 22.5 Å². The van der Waals surface area contributed by atoms with Gasteiger partial charge in [-0.05, 0) is 68.1 Å². The first-order valence-electron chi connectivity index (χ1n) is 16.1. The van der Waals surface area contributed by atoms with Gasteiger partial charge in [0.15, 0.2) is 17.3 Å². The van der Waals surface area contributed by atoms with Gasteiger partial charge < -0.3 is 9.64 Å². The predicted molar refractivity (Wildman–Crippen MR) is 186 cm³/mol. The van der Waals surface area contributed by atoms with Gasteiger partial charge in [0.05, 0.1) is 0 Å². The second-order valence-electron chi connectivity index (χ2n) is 12.1. The summed E-state index contributed by atoms with van der Waals surface area (Å²) in [6.07, 6.45) is 6.19. The molecular formula is C41H31N5O3. The molecule has 1 aliphatic heterocycles. The number of ketones is 1. The largest absolute Gasteiger partial charge is 0.338 e. The normalized spacial score (nSPS) is 15.3. The second kappa shape index (κ2) is 12.4. The van der Waals surface area contributed by atoms with Crippen molar-refractivity contribution in [1.82, 2.24) is 25.1 Å². The number of hydrogen-bond donors (Lipinski definition) is 0. The highest BCUT2D eigenvalue weighted by molar-refractivity contribution is 6.01. The monoisotopic (exact) mass is 641 g/mol. The first-order valence-corrected chi connectivity index (χ1v) is 16.1. The van der Waals surface area contributed by atoms with Gasteiger partial charge in [-0.15, -0.1) is 5.10 Å². The molecule has 0 radical (unpaired) electrons. The quantitative estimate of drug-likeness (QED) is 0.174. The number of rotatable bonds is 8. The van der Waals surface area contributed by atoms with Crippen LogP contribution in [0.3, 0.4) is 0 Å². The Labute approximate surface area is 283 Å². The summed E-state index contributed by atoms with van der Waals surface area (Å²) in [5.74, 6) is 0.350. The molecule has 1 saturated heterocycles. The van der Waals surface area contributed by atoms with Crippen molar-refractivity contribution in [3.05, 3.63) is 186 Å². The lowest BCUT2D eigenvalue weighted by molar-refractivity contribution is -0.129. The van der Waals surface area contributed by atoms with E-state index in [2.05, 4.69) is 52.8 Å². The summed E-state index contributed by atoms with van der Waals surface area (Å²) >= 11 is 0. The van der Waals surface area contributed by atoms with Gasteiger partial charge in [-0.3, -0.25) is 9.59 Å². The maximum absolute atomic E-state index is 12.8. The van der Waals surface area contributed by atoms with Crippen molar-refractivity contribution in [2.45, 2.75) is 17.8 Å². The summed E-state index contributed by atoms with van der Waals surface area (Å²) < 4.78 is 7.78. The van der Waals surface area contributed by atoms with Gasteiger partial charge in [0.1, 0.15) is 12.1 Å². The fraction of sp³-hybridized carbons (Fsp3) is 0.0976. The molecule has 1 aromatic heterocycles. The van der Waals surface area contributed by atoms with Crippen LogP contribution in [0, 0.1) is 0 Å². The van der Waals surface area contributed by atoms with Crippen LogP contribution in [0.25, 0.3) is 22.5 Å². The number of nitrogens with zero attached hydrogens (tertiary/aromatic N) is 5. The summed E-state index contributed by atoms with van der Waals surface area (Å²) in [5.41, 5.74) is 4.87. The fourth-order valence-corrected chi connectivity index (χ4v) is 6.92. The van der Waals surface area contributed by atoms with Crippen molar-refractivity contribution < 1.29 is 14.3 Å². The van der Waals surface area contributed by atoms with Crippen LogP contribution in [0.5, 0.6) is 0 Å². The van der Waals surface area contributed by atoms with E-state index >= 15 is 0 Å². The van der Waals surface area contributed by atoms with Crippen LogP contribution >= 0.6 is 0 Å². The van der Waals surface area contributed by atoms with Crippen LogP contribution in [-0.2, 0) is 26.4 Å². The smallest absolute Gasteiger partial charge is 0.251 e. The zero-order valence-corrected chi connectivity index (χ0v) is 26.5. The van der Waals surface area contributed by atoms with Crippen molar-refractivity contribution >= 4 is 11.7 Å². The van der Waals surface area contributed by atoms with Crippen LogP contribution < -0.4 is 0 Å². The number of ether oxygens (including phenoxy) is 1. The molecule has 1 spiro atoms. The first kappa shape index (κ1) is 30.1. The van der Waals surface area contributed by atoms with Gasteiger partial charge in [-0.1, -0.05) is 140 Å². The summed E-state index contributed by atoms with van der Waals surface area (Å²) in [7, 11) is 0. The minimum atomic E-state index is -1.05. The summed E-state index contributed by atoms with van der Waals surface area (Å²) in [4.78, 5) is 26.3. The second-order valence-corrected chi connectivity index (χ2v) is 12.1. The molecule has 8 nitrogen and oxygen atoms in total. The van der Waals surface area contributed by atoms with E-state index in [-0.39, 0.29) is 18.3 Å². The molecule has 0 N–H and O–H groups in total. The number of amides is 1. The highest BCUT2D eigenvalue weighted by Crippen LogP contribution is 2.43. The van der Waals surface area contributed by atoms with Gasteiger partial charge in [0, 0.05) is 12.1 Å². The Balaban J connectivity index is 1.22. The SMILES string of the molecule is O=C1C=CC2(C=C1)OCC(=O)N2Cc1ccc(-c2ccccc2-c2nnnn2C(c2ccccc2)(c2ccccc2)c2ccccc2)cc1. The van der Waals surface area contributed by atoms with Crippen LogP contribution in [-0.4, -0.2) is 49.1 Å². The third kappa shape index (κ3) is 5.19. The highest BCUT2D eigenvalue weighted by atomic mass is 16.5. The predicted octanol–water partition coefficient (Wildman–Crippen LogP) is 6.60. The standard InChI is InChI=1S/C41H31N5O3/c47-35-24-26-40(27-25-35)45(38(48)29-49-40)28-30-20-22-31(23-21-30)36-18-10-11-19-37(36)39-42-43-44-46(39)41(32-12-4-1-5-13-32,33-14-6-2-7-15-33)34-16-8-3-9-17-34/h1-27H,28-29H2. The van der Waals surface area contributed by atoms with E-state index in [1.807, 2.05) is 102 Å². The van der Waals surface area contributed by atoms with Crippen molar-refractivity contribution in [1.29, 1.82) is 0 Å². The third-order valence-electron chi connectivity index (χ3n) is 9.26. The zero-order chi connectivity index (χ0) is 33.3. The number of aromatic nitrogens is 4. The molecule has 0 saturated carbocycles. The van der Waals surface area contributed by atoms with Gasteiger partial charge in [-0.2, -0.15) is 0 Å². The maximum atomic E-state index is 12.8. The molecule has 49 heavy (non-hydrogen) atoms. The van der Waals surface area contributed by atoms with Crippen LogP contribution in [0.2, 0.25) is 0 Å². The average molecular weight is 642 g/mol. The Morgan fingerprint density at radius 1 is 0.653 bits per heavy atom. The van der Waals surface area contributed by atoms with Crippen LogP contribution in [0.15, 0.2) is 164 Å². The average Bonchev–Trinajstić information content (AvgIpc) is 3.77. The molecule has 1 aliphatic carbocycles. The third-order valence-corrected chi connectivity index (χ3v) is 9.26. The topological polar surface area (TPSA) is 90.2 Å². The van der Waals surface area contributed by atoms with Crippen LogP contribution in [0.4, 0.5) is 0 Å². The van der Waals surface area contributed by atoms with Gasteiger partial charge >= 0.3 is 0 Å². The Kier molecular flexibility index (Phi) is 7.62. The van der Waals surface area contributed by atoms with Gasteiger partial charge in [0.2, 0.25) is 0 Å². The number of carbonyl (C=O) groups is 2. The zero-order valence-electron chi connectivity index (χ0n) is 26.5. The minimum Gasteiger partial charge on any atom is -0.338 e. The molecule has 0 bridgehead atoms. The van der Waals surface area contributed by atoms with E-state index in [1.165, 1.54) is 12.2 Å². The molecule has 8 heteroatoms. The van der Waals surface area contributed by atoms with Crippen molar-refractivity contribution in [2.24, 2.45) is 0 Å². The molecule has 1 fully saturated rings. The lowest BCUT2D eigenvalue weighted by Gasteiger charge is -2.36. The lowest BCUT2D eigenvalue weighted by atomic mass is 9.77. The number of tetrazole rings is 1. The molecule has 0 unspecified atom stereocenters. The van der Waals surface area contributed by atoms with E-state index in [1.54, 1.807) is 17.1 Å².